The summed E-state index contributed by atoms with van der Waals surface area (Å²) in [4.78, 5) is 0. The maximum Gasteiger partial charge on any atom is 1.00 e. The minimum atomic E-state index is -4.61. The third kappa shape index (κ3) is 26.6. The summed E-state index contributed by atoms with van der Waals surface area (Å²) in [6.07, 6.45) is 0. The molecule has 0 bridgehead atoms. The van der Waals surface area contributed by atoms with Crippen LogP contribution in [0.5, 0.6) is 0 Å². The molecule has 9 heteroatoms. The van der Waals surface area contributed by atoms with E-state index in [4.69, 9.17) is 28.7 Å². The fourth-order valence-electron chi connectivity index (χ4n) is 0. The first-order valence-electron chi connectivity index (χ1n) is 1.07. The van der Waals surface area contributed by atoms with Crippen molar-refractivity contribution < 1.29 is 85.9 Å². The summed E-state index contributed by atoms with van der Waals surface area (Å²) in [6.45, 7) is 0. The molecule has 0 aliphatic carbocycles. The molecule has 0 fully saturated rings. The van der Waals surface area contributed by atoms with E-state index in [9.17, 15) is 0 Å². The van der Waals surface area contributed by atoms with Crippen LogP contribution in [-0.2, 0) is 14.7 Å². The standard InChI is InChI=1S/K.H2O5S.H2O2.H/c;1-5-6(2,3)4;1-2;/h;1H,(H,2,3,4);1-2H;/q+1;;;-1. The van der Waals surface area contributed by atoms with Crippen molar-refractivity contribution in [2.24, 2.45) is 0 Å². The van der Waals surface area contributed by atoms with E-state index in [1.54, 1.807) is 0 Å². The minimum absolute atomic E-state index is 0. The van der Waals surface area contributed by atoms with Gasteiger partial charge in [-0.3, -0.25) is 15.1 Å². The van der Waals surface area contributed by atoms with E-state index in [0.29, 0.717) is 0 Å². The molecular formula is H5KO7S. The van der Waals surface area contributed by atoms with Gasteiger partial charge in [0.1, 0.15) is 0 Å². The average molecular weight is 188 g/mol. The predicted molar refractivity (Wildman–Crippen MR) is 21.6 cm³/mol. The van der Waals surface area contributed by atoms with Gasteiger partial charge in [-0.05, 0) is 0 Å². The molecule has 0 amide bonds. The van der Waals surface area contributed by atoms with E-state index in [0.717, 1.165) is 0 Å². The van der Waals surface area contributed by atoms with Crippen LogP contribution < -0.4 is 51.4 Å². The van der Waals surface area contributed by atoms with Gasteiger partial charge in [0.2, 0.25) is 0 Å². The van der Waals surface area contributed by atoms with Gasteiger partial charge in [0.15, 0.2) is 0 Å². The van der Waals surface area contributed by atoms with Crippen LogP contribution in [0.2, 0.25) is 0 Å². The van der Waals surface area contributed by atoms with Gasteiger partial charge in [-0.2, -0.15) is 8.42 Å². The van der Waals surface area contributed by atoms with E-state index in [-0.39, 0.29) is 52.8 Å². The van der Waals surface area contributed by atoms with E-state index in [1.165, 1.54) is 0 Å². The molecule has 0 spiro atoms. The summed E-state index contributed by atoms with van der Waals surface area (Å²) in [6, 6.07) is 0. The van der Waals surface area contributed by atoms with Crippen molar-refractivity contribution in [3.05, 3.63) is 0 Å². The van der Waals surface area contributed by atoms with Crippen LogP contribution in [0.15, 0.2) is 0 Å². The van der Waals surface area contributed by atoms with Crippen LogP contribution in [-0.4, -0.2) is 28.7 Å². The first kappa shape index (κ1) is 16.8. The van der Waals surface area contributed by atoms with Gasteiger partial charge in [0.25, 0.3) is 0 Å². The Morgan fingerprint density at radius 2 is 1.44 bits per heavy atom. The van der Waals surface area contributed by atoms with Crippen molar-refractivity contribution in [3.63, 3.8) is 0 Å². The summed E-state index contributed by atoms with van der Waals surface area (Å²) in [5.41, 5.74) is 0. The molecule has 9 heavy (non-hydrogen) atoms. The molecule has 0 saturated heterocycles. The number of hydrogen-bond acceptors (Lipinski definition) is 6. The van der Waals surface area contributed by atoms with Crippen LogP contribution in [0.1, 0.15) is 1.43 Å². The monoisotopic (exact) mass is 188 g/mol. The smallest absolute Gasteiger partial charge is 1.00 e. The van der Waals surface area contributed by atoms with Crippen molar-refractivity contribution in [2.75, 3.05) is 0 Å². The van der Waals surface area contributed by atoms with Gasteiger partial charge in [0, 0.05) is 0 Å². The zero-order valence-electron chi connectivity index (χ0n) is 5.42. The zero-order chi connectivity index (χ0) is 7.21. The van der Waals surface area contributed by atoms with Crippen LogP contribution in [0.4, 0.5) is 0 Å². The predicted octanol–water partition coefficient (Wildman–Crippen LogP) is -3.59. The summed E-state index contributed by atoms with van der Waals surface area (Å²) in [7, 11) is -4.61. The second-order valence-electron chi connectivity index (χ2n) is 0.502. The summed E-state index contributed by atoms with van der Waals surface area (Å²) < 4.78 is 28.0. The Hall–Kier alpha value is 1.39. The SMILES string of the molecule is O=S(=O)(O)OO.OO.[H-].[K+]. The maximum absolute atomic E-state index is 9.08. The van der Waals surface area contributed by atoms with Crippen LogP contribution >= 0.6 is 0 Å². The quantitative estimate of drug-likeness (QED) is 0.145. The molecule has 7 nitrogen and oxygen atoms in total. The minimum Gasteiger partial charge on any atom is -1.00 e. The van der Waals surface area contributed by atoms with E-state index < -0.39 is 10.4 Å². The molecule has 4 N–H and O–H groups in total. The molecule has 0 aliphatic rings. The number of rotatable bonds is 1. The van der Waals surface area contributed by atoms with Gasteiger partial charge in [0.05, 0.1) is 0 Å². The molecule has 0 aromatic rings. The molecule has 0 unspecified atom stereocenters. The molecule has 0 aliphatic heterocycles. The third-order valence-corrected chi connectivity index (χ3v) is 0.283. The van der Waals surface area contributed by atoms with Gasteiger partial charge in [-0.15, -0.1) is 0 Å². The topological polar surface area (TPSA) is 124 Å². The maximum atomic E-state index is 9.08. The Kier molecular flexibility index (Phi) is 17.5. The normalized spacial score (nSPS) is 8.44. The molecule has 0 saturated carbocycles. The Labute approximate surface area is 95.0 Å². The van der Waals surface area contributed by atoms with Gasteiger partial charge >= 0.3 is 61.8 Å². The zero-order valence-corrected chi connectivity index (χ0v) is 8.36. The first-order chi connectivity index (χ1) is 3.56. The van der Waals surface area contributed by atoms with Gasteiger partial charge < -0.3 is 1.43 Å². The molecule has 0 heterocycles. The molecule has 0 aromatic carbocycles. The van der Waals surface area contributed by atoms with Crippen LogP contribution in [0.25, 0.3) is 0 Å². The fourth-order valence-corrected chi connectivity index (χ4v) is 0. The molecular weight excluding hydrogens is 183 g/mol. The van der Waals surface area contributed by atoms with E-state index in [1.807, 2.05) is 0 Å². The fraction of sp³-hybridized carbons (Fsp3) is 0. The average Bonchev–Trinajstić information content (AvgIpc) is 1.71. The summed E-state index contributed by atoms with van der Waals surface area (Å²) in [5.74, 6) is 0. The summed E-state index contributed by atoms with van der Waals surface area (Å²) in [5, 5.41) is 19.1. The Balaban J connectivity index is -0.0000000412. The third-order valence-electron chi connectivity index (χ3n) is 0.0942. The van der Waals surface area contributed by atoms with Gasteiger partial charge in [-0.25, -0.2) is 5.26 Å². The number of hydrogen-bond donors (Lipinski definition) is 4. The Morgan fingerprint density at radius 3 is 1.44 bits per heavy atom. The Morgan fingerprint density at radius 1 is 1.33 bits per heavy atom. The van der Waals surface area contributed by atoms with Crippen molar-refractivity contribution in [3.8, 4) is 0 Å². The molecule has 0 rings (SSSR count). The van der Waals surface area contributed by atoms with Crippen molar-refractivity contribution in [1.29, 1.82) is 0 Å². The molecule has 54 valence electrons. The van der Waals surface area contributed by atoms with Crippen LogP contribution in [0, 0.1) is 0 Å². The molecule has 0 radical (unpaired) electrons. The van der Waals surface area contributed by atoms with Crippen molar-refractivity contribution >= 4 is 10.4 Å². The van der Waals surface area contributed by atoms with E-state index >= 15 is 0 Å². The van der Waals surface area contributed by atoms with Gasteiger partial charge in [-0.1, -0.05) is 4.33 Å². The second-order valence-corrected chi connectivity index (χ2v) is 1.51. The van der Waals surface area contributed by atoms with Crippen LogP contribution in [0.3, 0.4) is 0 Å². The van der Waals surface area contributed by atoms with Crippen molar-refractivity contribution in [1.82, 2.24) is 0 Å². The summed E-state index contributed by atoms with van der Waals surface area (Å²) >= 11 is 0. The largest absolute Gasteiger partial charge is 1.00 e. The second kappa shape index (κ2) is 9.39. The Bertz CT molecular complexity index is 116. The van der Waals surface area contributed by atoms with Crippen molar-refractivity contribution in [2.45, 2.75) is 0 Å². The van der Waals surface area contributed by atoms with E-state index in [2.05, 4.69) is 4.33 Å². The molecule has 0 aromatic heterocycles. The first-order valence-corrected chi connectivity index (χ1v) is 2.43. The molecule has 0 atom stereocenters.